The summed E-state index contributed by atoms with van der Waals surface area (Å²) in [6.45, 7) is 1.84. The van der Waals surface area contributed by atoms with Gasteiger partial charge < -0.3 is 4.57 Å². The van der Waals surface area contributed by atoms with Gasteiger partial charge in [-0.05, 0) is 35.0 Å². The Morgan fingerprint density at radius 3 is 2.71 bits per heavy atom. The second kappa shape index (κ2) is 4.56. The SMILES string of the molecule is Cc1cc(=O)c(C#N)cn1-c1ccccc1Br. The summed E-state index contributed by atoms with van der Waals surface area (Å²) in [6.07, 6.45) is 1.57. The molecule has 2 aromatic rings. The van der Waals surface area contributed by atoms with Crippen LogP contribution in [0, 0.1) is 18.3 Å². The lowest BCUT2D eigenvalue weighted by molar-refractivity contribution is 0.962. The lowest BCUT2D eigenvalue weighted by Crippen LogP contribution is -2.12. The van der Waals surface area contributed by atoms with E-state index in [-0.39, 0.29) is 11.0 Å². The maximum atomic E-state index is 11.5. The van der Waals surface area contributed by atoms with Gasteiger partial charge in [0.25, 0.3) is 0 Å². The zero-order valence-electron chi connectivity index (χ0n) is 9.14. The third-order valence-electron chi connectivity index (χ3n) is 2.48. The Hall–Kier alpha value is -1.86. The Bertz CT molecular complexity index is 668. The highest BCUT2D eigenvalue weighted by Gasteiger charge is 2.06. The average Bonchev–Trinajstić information content (AvgIpc) is 2.31. The van der Waals surface area contributed by atoms with E-state index in [1.54, 1.807) is 6.20 Å². The van der Waals surface area contributed by atoms with E-state index >= 15 is 0 Å². The Labute approximate surface area is 107 Å². The third kappa shape index (κ3) is 2.15. The quantitative estimate of drug-likeness (QED) is 0.810. The molecule has 3 nitrogen and oxygen atoms in total. The van der Waals surface area contributed by atoms with Crippen LogP contribution in [-0.2, 0) is 0 Å². The maximum absolute atomic E-state index is 11.5. The number of hydrogen-bond acceptors (Lipinski definition) is 2. The number of nitrogens with zero attached hydrogens (tertiary/aromatic N) is 2. The molecule has 1 aromatic heterocycles. The molecule has 0 bridgehead atoms. The second-order valence-electron chi connectivity index (χ2n) is 3.63. The molecule has 2 rings (SSSR count). The van der Waals surface area contributed by atoms with Crippen LogP contribution in [0.2, 0.25) is 0 Å². The molecule has 0 saturated carbocycles. The Kier molecular flexibility index (Phi) is 3.12. The van der Waals surface area contributed by atoms with Crippen molar-refractivity contribution >= 4 is 15.9 Å². The zero-order valence-corrected chi connectivity index (χ0v) is 10.7. The molecule has 0 radical (unpaired) electrons. The van der Waals surface area contributed by atoms with Gasteiger partial charge in [0.1, 0.15) is 11.6 Å². The zero-order chi connectivity index (χ0) is 12.4. The summed E-state index contributed by atoms with van der Waals surface area (Å²) < 4.78 is 2.74. The summed E-state index contributed by atoms with van der Waals surface area (Å²) in [4.78, 5) is 11.5. The van der Waals surface area contributed by atoms with Gasteiger partial charge in [0.15, 0.2) is 5.43 Å². The Morgan fingerprint density at radius 1 is 1.35 bits per heavy atom. The van der Waals surface area contributed by atoms with Crippen molar-refractivity contribution < 1.29 is 0 Å². The lowest BCUT2D eigenvalue weighted by Gasteiger charge is -2.12. The number of rotatable bonds is 1. The summed E-state index contributed by atoms with van der Waals surface area (Å²) >= 11 is 3.45. The van der Waals surface area contributed by atoms with Crippen molar-refractivity contribution in [3.63, 3.8) is 0 Å². The number of halogens is 1. The number of pyridine rings is 1. The van der Waals surface area contributed by atoms with Crippen LogP contribution in [0.3, 0.4) is 0 Å². The molecule has 0 N–H and O–H groups in total. The first kappa shape index (κ1) is 11.6. The average molecular weight is 289 g/mol. The van der Waals surface area contributed by atoms with E-state index < -0.39 is 0 Å². The number of para-hydroxylation sites is 1. The van der Waals surface area contributed by atoms with Crippen molar-refractivity contribution in [1.82, 2.24) is 4.57 Å². The summed E-state index contributed by atoms with van der Waals surface area (Å²) in [5.41, 5.74) is 1.60. The van der Waals surface area contributed by atoms with Crippen LogP contribution < -0.4 is 5.43 Å². The number of aryl methyl sites for hydroxylation is 1. The minimum absolute atomic E-state index is 0.145. The fraction of sp³-hybridized carbons (Fsp3) is 0.0769. The van der Waals surface area contributed by atoms with Gasteiger partial charge in [0, 0.05) is 22.4 Å². The van der Waals surface area contributed by atoms with Crippen molar-refractivity contribution in [3.8, 4) is 11.8 Å². The van der Waals surface area contributed by atoms with Gasteiger partial charge in [-0.25, -0.2) is 0 Å². The van der Waals surface area contributed by atoms with Crippen LogP contribution in [0.1, 0.15) is 11.3 Å². The number of hydrogen-bond donors (Lipinski definition) is 0. The summed E-state index contributed by atoms with van der Waals surface area (Å²) in [7, 11) is 0. The van der Waals surface area contributed by atoms with Crippen LogP contribution >= 0.6 is 15.9 Å². The van der Waals surface area contributed by atoms with E-state index in [4.69, 9.17) is 5.26 Å². The molecule has 0 unspecified atom stereocenters. The van der Waals surface area contributed by atoms with Gasteiger partial charge in [-0.15, -0.1) is 0 Å². The first-order valence-electron chi connectivity index (χ1n) is 5.02. The Morgan fingerprint density at radius 2 is 2.06 bits per heavy atom. The third-order valence-corrected chi connectivity index (χ3v) is 3.15. The molecular weight excluding hydrogens is 280 g/mol. The fourth-order valence-electron chi connectivity index (χ4n) is 1.62. The van der Waals surface area contributed by atoms with Gasteiger partial charge in [0.05, 0.1) is 5.69 Å². The van der Waals surface area contributed by atoms with Crippen LogP contribution in [-0.4, -0.2) is 4.57 Å². The first-order valence-corrected chi connectivity index (χ1v) is 5.81. The van der Waals surface area contributed by atoms with Gasteiger partial charge >= 0.3 is 0 Å². The van der Waals surface area contributed by atoms with Gasteiger partial charge in [0.2, 0.25) is 0 Å². The van der Waals surface area contributed by atoms with E-state index in [0.717, 1.165) is 15.9 Å². The standard InChI is InChI=1S/C13H9BrN2O/c1-9-6-13(17)10(7-15)8-16(9)12-5-3-2-4-11(12)14/h2-6,8H,1H3. The predicted octanol–water partition coefficient (Wildman–Crippen LogP) is 2.78. The topological polar surface area (TPSA) is 45.8 Å². The molecule has 0 aliphatic carbocycles. The van der Waals surface area contributed by atoms with Crippen molar-refractivity contribution in [2.75, 3.05) is 0 Å². The minimum Gasteiger partial charge on any atom is -0.318 e. The molecule has 4 heteroatoms. The normalized spacial score (nSPS) is 9.94. The minimum atomic E-state index is -0.242. The number of aromatic nitrogens is 1. The molecule has 0 aliphatic heterocycles. The molecule has 0 saturated heterocycles. The van der Waals surface area contributed by atoms with Crippen LogP contribution in [0.25, 0.3) is 5.69 Å². The monoisotopic (exact) mass is 288 g/mol. The van der Waals surface area contributed by atoms with Gasteiger partial charge in [-0.2, -0.15) is 5.26 Å². The molecule has 0 atom stereocenters. The van der Waals surface area contributed by atoms with Crippen molar-refractivity contribution in [2.45, 2.75) is 6.92 Å². The second-order valence-corrected chi connectivity index (χ2v) is 4.48. The first-order chi connectivity index (χ1) is 8.13. The van der Waals surface area contributed by atoms with E-state index in [1.807, 2.05) is 41.8 Å². The molecular formula is C13H9BrN2O. The molecule has 1 aromatic carbocycles. The molecule has 0 fully saturated rings. The number of nitriles is 1. The van der Waals surface area contributed by atoms with Crippen LogP contribution in [0.5, 0.6) is 0 Å². The molecule has 0 aliphatic rings. The summed E-state index contributed by atoms with van der Waals surface area (Å²) in [6, 6.07) is 11.0. The molecule has 0 amide bonds. The van der Waals surface area contributed by atoms with Crippen molar-refractivity contribution in [2.24, 2.45) is 0 Å². The van der Waals surface area contributed by atoms with Crippen LogP contribution in [0.15, 0.2) is 45.8 Å². The highest BCUT2D eigenvalue weighted by Crippen LogP contribution is 2.21. The van der Waals surface area contributed by atoms with E-state index in [2.05, 4.69) is 15.9 Å². The molecule has 1 heterocycles. The van der Waals surface area contributed by atoms with Crippen molar-refractivity contribution in [1.29, 1.82) is 5.26 Å². The maximum Gasteiger partial charge on any atom is 0.199 e. The number of benzene rings is 1. The highest BCUT2D eigenvalue weighted by molar-refractivity contribution is 9.10. The van der Waals surface area contributed by atoms with Gasteiger partial charge in [-0.1, -0.05) is 12.1 Å². The Balaban J connectivity index is 2.73. The predicted molar refractivity (Wildman–Crippen MR) is 69.2 cm³/mol. The highest BCUT2D eigenvalue weighted by atomic mass is 79.9. The molecule has 17 heavy (non-hydrogen) atoms. The van der Waals surface area contributed by atoms with Crippen LogP contribution in [0.4, 0.5) is 0 Å². The van der Waals surface area contributed by atoms with E-state index in [1.165, 1.54) is 6.07 Å². The van der Waals surface area contributed by atoms with E-state index in [0.29, 0.717) is 0 Å². The van der Waals surface area contributed by atoms with Gasteiger partial charge in [-0.3, -0.25) is 4.79 Å². The smallest absolute Gasteiger partial charge is 0.199 e. The molecule has 84 valence electrons. The molecule has 0 spiro atoms. The summed E-state index contributed by atoms with van der Waals surface area (Å²) in [5.74, 6) is 0. The summed E-state index contributed by atoms with van der Waals surface area (Å²) in [5, 5.41) is 8.87. The van der Waals surface area contributed by atoms with E-state index in [9.17, 15) is 4.79 Å². The van der Waals surface area contributed by atoms with Crippen molar-refractivity contribution in [3.05, 3.63) is 62.5 Å². The lowest BCUT2D eigenvalue weighted by atomic mass is 10.2. The largest absolute Gasteiger partial charge is 0.318 e. The fourth-order valence-corrected chi connectivity index (χ4v) is 2.10.